The maximum Gasteiger partial charge on any atom is -0.0380 e. The minimum atomic E-state index is 1.16. The fourth-order valence-electron chi connectivity index (χ4n) is 7.73. The smallest absolute Gasteiger partial charge is 0.0380 e. The first-order valence-corrected chi connectivity index (χ1v) is 9.87. The lowest BCUT2D eigenvalue weighted by atomic mass is 9.55. The van der Waals surface area contributed by atoms with Crippen LogP contribution in [0.3, 0.4) is 0 Å². The second-order valence-corrected chi connectivity index (χ2v) is 9.36. The van der Waals surface area contributed by atoms with E-state index < -0.39 is 0 Å². The lowest BCUT2D eigenvalue weighted by molar-refractivity contribution is -0.00645. The van der Waals surface area contributed by atoms with E-state index in [0.29, 0.717) is 0 Å². The highest BCUT2D eigenvalue weighted by Gasteiger charge is 2.48. The van der Waals surface area contributed by atoms with Crippen molar-refractivity contribution in [3.05, 3.63) is 0 Å². The third-order valence-electron chi connectivity index (χ3n) is 8.60. The topological polar surface area (TPSA) is 0 Å². The molecule has 0 spiro atoms. The van der Waals surface area contributed by atoms with Crippen molar-refractivity contribution in [3.8, 4) is 0 Å². The van der Waals surface area contributed by atoms with E-state index in [1.165, 1.54) is 0 Å². The van der Waals surface area contributed by atoms with Crippen LogP contribution in [0.2, 0.25) is 0 Å². The average Bonchev–Trinajstić information content (AvgIpc) is 3.07. The van der Waals surface area contributed by atoms with E-state index in [2.05, 4.69) is 0 Å². The van der Waals surface area contributed by atoms with Gasteiger partial charge in [-0.1, -0.05) is 38.5 Å². The Morgan fingerprint density at radius 2 is 0.550 bits per heavy atom. The normalized spacial score (nSPS) is 57.6. The summed E-state index contributed by atoms with van der Waals surface area (Å²) in [5.41, 5.74) is 0. The van der Waals surface area contributed by atoms with Gasteiger partial charge in [-0.25, -0.2) is 0 Å². The third-order valence-corrected chi connectivity index (χ3v) is 8.60. The summed E-state index contributed by atoms with van der Waals surface area (Å²) in [6.07, 6.45) is 19.4. The average molecular weight is 272 g/mol. The Morgan fingerprint density at radius 3 is 0.850 bits per heavy atom. The minimum absolute atomic E-state index is 1.16. The molecule has 5 fully saturated rings. The summed E-state index contributed by atoms with van der Waals surface area (Å²) in [7, 11) is 0. The molecule has 5 aliphatic carbocycles. The Balaban J connectivity index is 1.32. The van der Waals surface area contributed by atoms with E-state index in [4.69, 9.17) is 0 Å². The van der Waals surface area contributed by atoms with Gasteiger partial charge in [0.2, 0.25) is 0 Å². The first-order valence-electron chi connectivity index (χ1n) is 9.87. The maximum absolute atomic E-state index is 1.65. The van der Waals surface area contributed by atoms with Gasteiger partial charge in [-0.3, -0.25) is 0 Å². The molecular formula is C20H32. The summed E-state index contributed by atoms with van der Waals surface area (Å²) in [4.78, 5) is 0. The SMILES string of the molecule is C1CC2CC3CC4CC5CCCC5CC4CC3CC2C1. The van der Waals surface area contributed by atoms with Gasteiger partial charge in [0.05, 0.1) is 0 Å². The molecule has 0 radical (unpaired) electrons. The zero-order valence-corrected chi connectivity index (χ0v) is 13.1. The van der Waals surface area contributed by atoms with Gasteiger partial charge < -0.3 is 0 Å². The molecule has 0 aromatic carbocycles. The Hall–Kier alpha value is 0. The van der Waals surface area contributed by atoms with Crippen molar-refractivity contribution in [2.75, 3.05) is 0 Å². The molecule has 0 amide bonds. The van der Waals surface area contributed by atoms with E-state index >= 15 is 0 Å². The molecule has 112 valence electrons. The van der Waals surface area contributed by atoms with Gasteiger partial charge in [0.1, 0.15) is 0 Å². The number of hydrogen-bond donors (Lipinski definition) is 0. The van der Waals surface area contributed by atoms with Crippen LogP contribution in [0.4, 0.5) is 0 Å². The summed E-state index contributed by atoms with van der Waals surface area (Å²) < 4.78 is 0. The van der Waals surface area contributed by atoms with Crippen LogP contribution >= 0.6 is 0 Å². The van der Waals surface area contributed by atoms with E-state index in [1.807, 2.05) is 0 Å². The van der Waals surface area contributed by atoms with Crippen LogP contribution in [-0.2, 0) is 0 Å². The van der Waals surface area contributed by atoms with Gasteiger partial charge in [0.15, 0.2) is 0 Å². The number of rotatable bonds is 0. The Bertz CT molecular complexity index is 304. The maximum atomic E-state index is 1.65. The van der Waals surface area contributed by atoms with E-state index in [9.17, 15) is 0 Å². The molecule has 0 N–H and O–H groups in total. The molecule has 0 nitrogen and oxygen atoms in total. The molecule has 0 aromatic heterocycles. The first-order chi connectivity index (χ1) is 9.87. The van der Waals surface area contributed by atoms with Crippen LogP contribution in [0.1, 0.15) is 77.0 Å². The predicted molar refractivity (Wildman–Crippen MR) is 83.3 cm³/mol. The second kappa shape index (κ2) is 4.75. The highest BCUT2D eigenvalue weighted by molar-refractivity contribution is 4.98. The van der Waals surface area contributed by atoms with Crippen molar-refractivity contribution >= 4 is 0 Å². The highest BCUT2D eigenvalue weighted by atomic mass is 14.5. The lowest BCUT2D eigenvalue weighted by Gasteiger charge is -2.51. The zero-order valence-electron chi connectivity index (χ0n) is 13.1. The first kappa shape index (κ1) is 12.5. The van der Waals surface area contributed by atoms with Crippen LogP contribution in [0.15, 0.2) is 0 Å². The monoisotopic (exact) mass is 272 g/mol. The van der Waals surface area contributed by atoms with Crippen molar-refractivity contribution in [1.29, 1.82) is 0 Å². The third kappa shape index (κ3) is 1.92. The standard InChI is InChI=1S/C20H32/c1-3-13-7-17-11-19-9-15-5-2-6-16(15)10-20(19)12-18(17)8-14(13)4-1/h13-20H,1-12H2. The lowest BCUT2D eigenvalue weighted by Crippen LogP contribution is -2.41. The fourth-order valence-corrected chi connectivity index (χ4v) is 7.73. The molecular weight excluding hydrogens is 240 g/mol. The van der Waals surface area contributed by atoms with Crippen molar-refractivity contribution in [1.82, 2.24) is 0 Å². The molecule has 0 heteroatoms. The molecule has 8 unspecified atom stereocenters. The molecule has 5 saturated carbocycles. The van der Waals surface area contributed by atoms with Crippen molar-refractivity contribution in [2.45, 2.75) is 77.0 Å². The van der Waals surface area contributed by atoms with Crippen molar-refractivity contribution in [3.63, 3.8) is 0 Å². The summed E-state index contributed by atoms with van der Waals surface area (Å²) in [5.74, 6) is 9.29. The Morgan fingerprint density at radius 1 is 0.300 bits per heavy atom. The molecule has 5 aliphatic rings. The van der Waals surface area contributed by atoms with Gasteiger partial charge in [0.25, 0.3) is 0 Å². The largest absolute Gasteiger partial charge is 0.0528 e. The summed E-state index contributed by atoms with van der Waals surface area (Å²) in [5, 5.41) is 0. The molecule has 5 rings (SSSR count). The highest BCUT2D eigenvalue weighted by Crippen LogP contribution is 2.58. The van der Waals surface area contributed by atoms with Gasteiger partial charge in [0, 0.05) is 0 Å². The Labute approximate surface area is 125 Å². The van der Waals surface area contributed by atoms with Gasteiger partial charge in [-0.15, -0.1) is 0 Å². The van der Waals surface area contributed by atoms with Crippen LogP contribution < -0.4 is 0 Å². The molecule has 8 atom stereocenters. The van der Waals surface area contributed by atoms with Crippen LogP contribution in [0, 0.1) is 47.3 Å². The van der Waals surface area contributed by atoms with Crippen LogP contribution in [0.25, 0.3) is 0 Å². The van der Waals surface area contributed by atoms with Crippen molar-refractivity contribution in [2.24, 2.45) is 47.3 Å². The Kier molecular flexibility index (Phi) is 2.98. The van der Waals surface area contributed by atoms with E-state index in [-0.39, 0.29) is 0 Å². The molecule has 0 bridgehead atoms. The number of hydrogen-bond acceptors (Lipinski definition) is 0. The zero-order chi connectivity index (χ0) is 13.1. The predicted octanol–water partition coefficient (Wildman–Crippen LogP) is 5.67. The van der Waals surface area contributed by atoms with Gasteiger partial charge in [-0.05, 0) is 85.9 Å². The molecule has 20 heavy (non-hydrogen) atoms. The van der Waals surface area contributed by atoms with Gasteiger partial charge in [-0.2, -0.15) is 0 Å². The molecule has 0 aromatic rings. The van der Waals surface area contributed by atoms with Gasteiger partial charge >= 0.3 is 0 Å². The minimum Gasteiger partial charge on any atom is -0.0528 e. The summed E-state index contributed by atoms with van der Waals surface area (Å²) >= 11 is 0. The van der Waals surface area contributed by atoms with Crippen LogP contribution in [-0.4, -0.2) is 0 Å². The number of fused-ring (bicyclic) bond motifs is 4. The molecule has 0 heterocycles. The summed E-state index contributed by atoms with van der Waals surface area (Å²) in [6, 6.07) is 0. The van der Waals surface area contributed by atoms with Crippen LogP contribution in [0.5, 0.6) is 0 Å². The fraction of sp³-hybridized carbons (Fsp3) is 1.00. The molecule has 0 saturated heterocycles. The summed E-state index contributed by atoms with van der Waals surface area (Å²) in [6.45, 7) is 0. The molecule has 0 aliphatic heterocycles. The van der Waals surface area contributed by atoms with E-state index in [0.717, 1.165) is 47.3 Å². The second-order valence-electron chi connectivity index (χ2n) is 9.36. The quantitative estimate of drug-likeness (QED) is 0.533. The van der Waals surface area contributed by atoms with E-state index in [1.54, 1.807) is 77.0 Å². The van der Waals surface area contributed by atoms with Crippen molar-refractivity contribution < 1.29 is 0 Å².